The highest BCUT2D eigenvalue weighted by Gasteiger charge is 2.39. The van der Waals surface area contributed by atoms with E-state index in [1.165, 1.54) is 78.0 Å². The first-order valence-electron chi connectivity index (χ1n) is 11.3. The molecule has 0 bridgehead atoms. The van der Waals surface area contributed by atoms with Crippen molar-refractivity contribution in [1.82, 2.24) is 14.7 Å². The summed E-state index contributed by atoms with van der Waals surface area (Å²) in [5.41, 5.74) is 0.758. The average Bonchev–Trinajstić information content (AvgIpc) is 2.59. The summed E-state index contributed by atoms with van der Waals surface area (Å²) in [6.07, 6.45) is 5.44. The lowest BCUT2D eigenvalue weighted by atomic mass is 9.67. The SMILES string of the molecule is CCN1CCC(C(C)(C)CC(C)(C)N2CCN(CCC(C)C)CC2)CC1. The van der Waals surface area contributed by atoms with Gasteiger partial charge in [0.2, 0.25) is 0 Å². The van der Waals surface area contributed by atoms with Crippen LogP contribution in [0, 0.1) is 17.3 Å². The quantitative estimate of drug-likeness (QED) is 0.623. The van der Waals surface area contributed by atoms with Crippen molar-refractivity contribution in [2.45, 2.75) is 79.7 Å². The fourth-order valence-corrected chi connectivity index (χ4v) is 5.42. The van der Waals surface area contributed by atoms with Crippen LogP contribution in [0.4, 0.5) is 0 Å². The highest BCUT2D eigenvalue weighted by atomic mass is 15.3. The van der Waals surface area contributed by atoms with Crippen molar-refractivity contribution < 1.29 is 0 Å². The molecule has 154 valence electrons. The summed E-state index contributed by atoms with van der Waals surface area (Å²) >= 11 is 0. The summed E-state index contributed by atoms with van der Waals surface area (Å²) in [5.74, 6) is 1.71. The molecule has 0 spiro atoms. The Balaban J connectivity index is 1.83. The molecule has 0 N–H and O–H groups in total. The van der Waals surface area contributed by atoms with Crippen LogP contribution in [0.25, 0.3) is 0 Å². The predicted octanol–water partition coefficient (Wildman–Crippen LogP) is 4.58. The van der Waals surface area contributed by atoms with Crippen LogP contribution in [-0.4, -0.2) is 72.6 Å². The van der Waals surface area contributed by atoms with Gasteiger partial charge in [-0.05, 0) is 83.0 Å². The van der Waals surface area contributed by atoms with Crippen molar-refractivity contribution in [2.75, 3.05) is 52.4 Å². The lowest BCUT2D eigenvalue weighted by Gasteiger charge is -2.50. The molecule has 0 aromatic heterocycles. The van der Waals surface area contributed by atoms with Gasteiger partial charge in [0.05, 0.1) is 0 Å². The lowest BCUT2D eigenvalue weighted by Crippen LogP contribution is -2.56. The normalized spacial score (nSPS) is 23.1. The maximum atomic E-state index is 2.78. The smallest absolute Gasteiger partial charge is 0.0159 e. The van der Waals surface area contributed by atoms with E-state index in [9.17, 15) is 0 Å². The average molecular weight is 366 g/mol. The van der Waals surface area contributed by atoms with Gasteiger partial charge in [0.25, 0.3) is 0 Å². The Hall–Kier alpha value is -0.120. The Labute approximate surface area is 164 Å². The molecule has 3 nitrogen and oxygen atoms in total. The van der Waals surface area contributed by atoms with Crippen LogP contribution in [0.3, 0.4) is 0 Å². The molecular weight excluding hydrogens is 318 g/mol. The zero-order valence-corrected chi connectivity index (χ0v) is 19.0. The molecule has 0 atom stereocenters. The van der Waals surface area contributed by atoms with Crippen molar-refractivity contribution in [1.29, 1.82) is 0 Å². The third-order valence-electron chi connectivity index (χ3n) is 7.28. The van der Waals surface area contributed by atoms with E-state index in [4.69, 9.17) is 0 Å². The number of rotatable bonds is 8. The van der Waals surface area contributed by atoms with Gasteiger partial charge in [0.1, 0.15) is 0 Å². The third kappa shape index (κ3) is 6.21. The van der Waals surface area contributed by atoms with Crippen LogP contribution in [-0.2, 0) is 0 Å². The molecule has 0 aromatic rings. The van der Waals surface area contributed by atoms with Gasteiger partial charge in [-0.25, -0.2) is 0 Å². The van der Waals surface area contributed by atoms with E-state index in [1.807, 2.05) is 0 Å². The number of hydrogen-bond donors (Lipinski definition) is 0. The summed E-state index contributed by atoms with van der Waals surface area (Å²) in [5, 5.41) is 0. The number of piperazine rings is 1. The van der Waals surface area contributed by atoms with Crippen LogP contribution in [0.15, 0.2) is 0 Å². The second-order valence-corrected chi connectivity index (χ2v) is 10.7. The molecule has 2 fully saturated rings. The maximum Gasteiger partial charge on any atom is 0.0159 e. The zero-order valence-electron chi connectivity index (χ0n) is 19.0. The standard InChI is InChI=1S/C23H47N3/c1-8-24-13-10-21(11-14-24)22(4,5)19-23(6,7)26-17-15-25(16-18-26)12-9-20(2)3/h20-21H,8-19H2,1-7H3. The molecule has 2 rings (SSSR count). The maximum absolute atomic E-state index is 2.78. The molecular formula is C23H47N3. The summed E-state index contributed by atoms with van der Waals surface area (Å²) < 4.78 is 0. The predicted molar refractivity (Wildman–Crippen MR) is 115 cm³/mol. The first kappa shape index (κ1) is 22.2. The van der Waals surface area contributed by atoms with Gasteiger partial charge in [0.15, 0.2) is 0 Å². The van der Waals surface area contributed by atoms with Gasteiger partial charge < -0.3 is 9.80 Å². The molecule has 2 aliphatic heterocycles. The van der Waals surface area contributed by atoms with Crippen LogP contribution >= 0.6 is 0 Å². The van der Waals surface area contributed by atoms with E-state index in [0.29, 0.717) is 11.0 Å². The van der Waals surface area contributed by atoms with Crippen LogP contribution in [0.5, 0.6) is 0 Å². The van der Waals surface area contributed by atoms with E-state index in [1.54, 1.807) is 0 Å². The molecule has 0 aromatic carbocycles. The minimum Gasteiger partial charge on any atom is -0.304 e. The first-order valence-corrected chi connectivity index (χ1v) is 11.3. The molecule has 26 heavy (non-hydrogen) atoms. The number of nitrogens with zero attached hydrogens (tertiary/aromatic N) is 3. The van der Waals surface area contributed by atoms with Gasteiger partial charge in [-0.15, -0.1) is 0 Å². The van der Waals surface area contributed by atoms with Crippen molar-refractivity contribution in [3.05, 3.63) is 0 Å². The van der Waals surface area contributed by atoms with Crippen LogP contribution < -0.4 is 0 Å². The molecule has 0 unspecified atom stereocenters. The van der Waals surface area contributed by atoms with E-state index >= 15 is 0 Å². The van der Waals surface area contributed by atoms with Gasteiger partial charge in [0, 0.05) is 31.7 Å². The minimum atomic E-state index is 0.315. The number of hydrogen-bond acceptors (Lipinski definition) is 3. The summed E-state index contributed by atoms with van der Waals surface area (Å²) in [4.78, 5) is 8.08. The Kier molecular flexibility index (Phi) is 8.00. The van der Waals surface area contributed by atoms with E-state index in [0.717, 1.165) is 11.8 Å². The fraction of sp³-hybridized carbons (Fsp3) is 1.00. The van der Waals surface area contributed by atoms with E-state index in [2.05, 4.69) is 63.2 Å². The Morgan fingerprint density at radius 1 is 0.846 bits per heavy atom. The lowest BCUT2D eigenvalue weighted by molar-refractivity contribution is -0.0000702. The molecule has 2 saturated heterocycles. The molecule has 0 aliphatic carbocycles. The number of piperidine rings is 1. The molecule has 2 heterocycles. The number of likely N-dealkylation sites (tertiary alicyclic amines) is 1. The topological polar surface area (TPSA) is 9.72 Å². The molecule has 2 aliphatic rings. The third-order valence-corrected chi connectivity index (χ3v) is 7.28. The highest BCUT2D eigenvalue weighted by molar-refractivity contribution is 4.94. The summed E-state index contributed by atoms with van der Waals surface area (Å²) in [7, 11) is 0. The fourth-order valence-electron chi connectivity index (χ4n) is 5.42. The monoisotopic (exact) mass is 365 g/mol. The molecule has 0 amide bonds. The second kappa shape index (κ2) is 9.39. The van der Waals surface area contributed by atoms with Crippen molar-refractivity contribution >= 4 is 0 Å². The molecule has 3 heteroatoms. The van der Waals surface area contributed by atoms with Crippen molar-refractivity contribution in [3.8, 4) is 0 Å². The largest absolute Gasteiger partial charge is 0.304 e. The van der Waals surface area contributed by atoms with E-state index in [-0.39, 0.29) is 0 Å². The molecule has 0 radical (unpaired) electrons. The highest BCUT2D eigenvalue weighted by Crippen LogP contribution is 2.42. The van der Waals surface area contributed by atoms with Gasteiger partial charge >= 0.3 is 0 Å². The van der Waals surface area contributed by atoms with Crippen LogP contribution in [0.2, 0.25) is 0 Å². The second-order valence-electron chi connectivity index (χ2n) is 10.7. The minimum absolute atomic E-state index is 0.315. The van der Waals surface area contributed by atoms with E-state index < -0.39 is 0 Å². The summed E-state index contributed by atoms with van der Waals surface area (Å²) in [6.45, 7) is 27.2. The Bertz CT molecular complexity index is 400. The Morgan fingerprint density at radius 3 is 1.92 bits per heavy atom. The Morgan fingerprint density at radius 2 is 1.42 bits per heavy atom. The van der Waals surface area contributed by atoms with Gasteiger partial charge in [-0.3, -0.25) is 4.90 Å². The van der Waals surface area contributed by atoms with Gasteiger partial charge in [-0.1, -0.05) is 34.6 Å². The van der Waals surface area contributed by atoms with Gasteiger partial charge in [-0.2, -0.15) is 0 Å². The first-order chi connectivity index (χ1) is 12.1. The van der Waals surface area contributed by atoms with Crippen molar-refractivity contribution in [3.63, 3.8) is 0 Å². The summed E-state index contributed by atoms with van der Waals surface area (Å²) in [6, 6.07) is 0. The zero-order chi connectivity index (χ0) is 19.4. The van der Waals surface area contributed by atoms with Crippen molar-refractivity contribution in [2.24, 2.45) is 17.3 Å². The molecule has 0 saturated carbocycles. The van der Waals surface area contributed by atoms with Crippen LogP contribution in [0.1, 0.15) is 74.1 Å².